The number of aromatic nitrogens is 1. The van der Waals surface area contributed by atoms with Crippen LogP contribution < -0.4 is 5.56 Å². The van der Waals surface area contributed by atoms with Crippen molar-refractivity contribution >= 4 is 16.7 Å². The Balaban J connectivity index is 1.71. The average Bonchev–Trinajstić information content (AvgIpc) is 3.16. The summed E-state index contributed by atoms with van der Waals surface area (Å²) in [4.78, 5) is 27.6. The van der Waals surface area contributed by atoms with Gasteiger partial charge in [-0.05, 0) is 67.2 Å². The zero-order valence-corrected chi connectivity index (χ0v) is 12.9. The molecule has 0 radical (unpaired) electrons. The third kappa shape index (κ3) is 2.11. The Morgan fingerprint density at radius 1 is 1.23 bits per heavy atom. The number of nitrogens with one attached hydrogen (secondary N) is 1. The molecule has 4 rings (SSSR count). The summed E-state index contributed by atoms with van der Waals surface area (Å²) in [5, 5.41) is 0.963. The van der Waals surface area contributed by atoms with Crippen LogP contribution in [0.1, 0.15) is 48.5 Å². The van der Waals surface area contributed by atoms with E-state index in [0.717, 1.165) is 34.4 Å². The number of hydrogen-bond donors (Lipinski definition) is 1. The molecule has 2 bridgehead atoms. The average molecular weight is 295 g/mol. The number of carbonyl (C=O) groups excluding carboxylic acids is 1. The summed E-state index contributed by atoms with van der Waals surface area (Å²) in [5.74, 6) is 1.92. The molecule has 3 unspecified atom stereocenters. The van der Waals surface area contributed by atoms with Crippen LogP contribution in [0.25, 0.3) is 10.9 Å². The number of aryl methyl sites for hydroxylation is 1. The summed E-state index contributed by atoms with van der Waals surface area (Å²) in [6, 6.07) is 7.62. The molecule has 22 heavy (non-hydrogen) atoms. The predicted molar refractivity (Wildman–Crippen MR) is 87.2 cm³/mol. The number of carbonyl (C=O) groups is 1. The second kappa shape index (κ2) is 5.08. The molecule has 0 saturated heterocycles. The Morgan fingerprint density at radius 2 is 2.09 bits per heavy atom. The van der Waals surface area contributed by atoms with Gasteiger partial charge >= 0.3 is 0 Å². The van der Waals surface area contributed by atoms with Crippen LogP contribution in [0.5, 0.6) is 0 Å². The summed E-state index contributed by atoms with van der Waals surface area (Å²) in [7, 11) is 0. The van der Waals surface area contributed by atoms with Crippen molar-refractivity contribution in [3.05, 3.63) is 45.7 Å². The minimum atomic E-state index is -0.0258. The van der Waals surface area contributed by atoms with Crippen molar-refractivity contribution < 1.29 is 4.79 Å². The monoisotopic (exact) mass is 295 g/mol. The first kappa shape index (κ1) is 13.7. The van der Waals surface area contributed by atoms with Gasteiger partial charge in [0.25, 0.3) is 5.56 Å². The molecule has 3 atom stereocenters. The molecule has 2 aliphatic carbocycles. The molecule has 0 spiro atoms. The van der Waals surface area contributed by atoms with Crippen molar-refractivity contribution in [1.29, 1.82) is 0 Å². The maximum absolute atomic E-state index is 12.8. The Labute approximate surface area is 129 Å². The van der Waals surface area contributed by atoms with Gasteiger partial charge in [-0.3, -0.25) is 9.59 Å². The molecule has 0 aliphatic heterocycles. The van der Waals surface area contributed by atoms with E-state index in [1.54, 1.807) is 0 Å². The van der Waals surface area contributed by atoms with Crippen LogP contribution >= 0.6 is 0 Å². The lowest BCUT2D eigenvalue weighted by molar-refractivity contribution is 0.0875. The lowest BCUT2D eigenvalue weighted by Gasteiger charge is -2.20. The maximum Gasteiger partial charge on any atom is 0.251 e. The van der Waals surface area contributed by atoms with Gasteiger partial charge in [0, 0.05) is 22.6 Å². The molecule has 0 amide bonds. The minimum absolute atomic E-state index is 0.0258. The topological polar surface area (TPSA) is 49.9 Å². The van der Waals surface area contributed by atoms with Crippen LogP contribution in [0.2, 0.25) is 0 Å². The van der Waals surface area contributed by atoms with Gasteiger partial charge in [0.05, 0.1) is 0 Å². The number of aromatic amines is 1. The molecule has 2 saturated carbocycles. The Hall–Kier alpha value is -1.90. The van der Waals surface area contributed by atoms with E-state index in [4.69, 9.17) is 0 Å². The zero-order valence-electron chi connectivity index (χ0n) is 12.9. The highest BCUT2D eigenvalue weighted by atomic mass is 16.1. The van der Waals surface area contributed by atoms with E-state index in [1.165, 1.54) is 19.3 Å². The molecule has 2 aliphatic rings. The van der Waals surface area contributed by atoms with E-state index in [9.17, 15) is 9.59 Å². The lowest BCUT2D eigenvalue weighted by Crippen LogP contribution is -2.21. The van der Waals surface area contributed by atoms with Crippen LogP contribution in [0.4, 0.5) is 0 Å². The molecule has 1 aromatic heterocycles. The highest BCUT2D eigenvalue weighted by Crippen LogP contribution is 2.49. The van der Waals surface area contributed by atoms with E-state index in [-0.39, 0.29) is 11.5 Å². The summed E-state index contributed by atoms with van der Waals surface area (Å²) in [6.07, 6.45) is 5.57. The van der Waals surface area contributed by atoms with Crippen molar-refractivity contribution in [2.45, 2.75) is 39.0 Å². The molecule has 3 nitrogen and oxygen atoms in total. The maximum atomic E-state index is 12.8. The normalized spacial score (nSPS) is 26.7. The Bertz CT molecular complexity index is 805. The smallest absolute Gasteiger partial charge is 0.251 e. The standard InChI is InChI=1S/C19H21NO2/c1-2-12-9-15-10-14(5-6-17(15)20-19(12)22)18(21)16-8-11-3-4-13(16)7-11/h5-6,9-11,13,16H,2-4,7-8H2,1H3,(H,20,22). The largest absolute Gasteiger partial charge is 0.322 e. The molecule has 2 aromatic rings. The predicted octanol–water partition coefficient (Wildman–Crippen LogP) is 3.71. The van der Waals surface area contributed by atoms with Gasteiger partial charge in [-0.15, -0.1) is 0 Å². The van der Waals surface area contributed by atoms with E-state index in [2.05, 4.69) is 4.98 Å². The van der Waals surface area contributed by atoms with Crippen molar-refractivity contribution in [3.8, 4) is 0 Å². The quantitative estimate of drug-likeness (QED) is 0.878. The van der Waals surface area contributed by atoms with Gasteiger partial charge in [-0.1, -0.05) is 13.3 Å². The number of hydrogen-bond acceptors (Lipinski definition) is 2. The fraction of sp³-hybridized carbons (Fsp3) is 0.474. The van der Waals surface area contributed by atoms with Gasteiger partial charge < -0.3 is 4.98 Å². The van der Waals surface area contributed by atoms with E-state index >= 15 is 0 Å². The van der Waals surface area contributed by atoms with Gasteiger partial charge in [-0.25, -0.2) is 0 Å². The molecule has 1 aromatic carbocycles. The van der Waals surface area contributed by atoms with Crippen LogP contribution in [0.15, 0.2) is 29.1 Å². The number of ketones is 1. The first-order chi connectivity index (χ1) is 10.7. The fourth-order valence-electron chi connectivity index (χ4n) is 4.45. The SMILES string of the molecule is CCc1cc2cc(C(=O)C3CC4CCC3C4)ccc2[nH]c1=O. The number of H-pyrrole nitrogens is 1. The molecule has 1 heterocycles. The van der Waals surface area contributed by atoms with Gasteiger partial charge in [0.1, 0.15) is 0 Å². The summed E-state index contributed by atoms with van der Waals surface area (Å²) >= 11 is 0. The number of fused-ring (bicyclic) bond motifs is 3. The Kier molecular flexibility index (Phi) is 3.17. The molecular weight excluding hydrogens is 274 g/mol. The van der Waals surface area contributed by atoms with Crippen molar-refractivity contribution in [3.63, 3.8) is 0 Å². The second-order valence-corrected chi connectivity index (χ2v) is 6.92. The van der Waals surface area contributed by atoms with Gasteiger partial charge in [-0.2, -0.15) is 0 Å². The third-order valence-corrected chi connectivity index (χ3v) is 5.66. The van der Waals surface area contributed by atoms with Crippen molar-refractivity contribution in [1.82, 2.24) is 4.98 Å². The molecule has 3 heteroatoms. The molecule has 2 fully saturated rings. The summed E-state index contributed by atoms with van der Waals surface area (Å²) < 4.78 is 0. The zero-order chi connectivity index (χ0) is 15.3. The van der Waals surface area contributed by atoms with Gasteiger partial charge in [0.15, 0.2) is 5.78 Å². The highest BCUT2D eigenvalue weighted by molar-refractivity contribution is 6.01. The first-order valence-corrected chi connectivity index (χ1v) is 8.36. The van der Waals surface area contributed by atoms with Crippen LogP contribution in [-0.2, 0) is 6.42 Å². The number of rotatable bonds is 3. The number of Topliss-reactive ketones (excluding diaryl/α,β-unsaturated/α-hetero) is 1. The van der Waals surface area contributed by atoms with Crippen LogP contribution in [-0.4, -0.2) is 10.8 Å². The molecule has 114 valence electrons. The molecular formula is C19H21NO2. The highest BCUT2D eigenvalue weighted by Gasteiger charge is 2.43. The van der Waals surface area contributed by atoms with Crippen LogP contribution in [0, 0.1) is 17.8 Å². The van der Waals surface area contributed by atoms with Crippen molar-refractivity contribution in [2.24, 2.45) is 17.8 Å². The molecule has 1 N–H and O–H groups in total. The Morgan fingerprint density at radius 3 is 2.77 bits per heavy atom. The summed E-state index contributed by atoms with van der Waals surface area (Å²) in [6.45, 7) is 1.97. The second-order valence-electron chi connectivity index (χ2n) is 6.92. The van der Waals surface area contributed by atoms with E-state index < -0.39 is 0 Å². The van der Waals surface area contributed by atoms with Gasteiger partial charge in [0.2, 0.25) is 0 Å². The van der Waals surface area contributed by atoms with Crippen molar-refractivity contribution in [2.75, 3.05) is 0 Å². The van der Waals surface area contributed by atoms with E-state index in [1.807, 2.05) is 31.2 Å². The van der Waals surface area contributed by atoms with Crippen LogP contribution in [0.3, 0.4) is 0 Å². The minimum Gasteiger partial charge on any atom is -0.322 e. The fourth-order valence-corrected chi connectivity index (χ4v) is 4.45. The first-order valence-electron chi connectivity index (χ1n) is 8.36. The number of pyridine rings is 1. The third-order valence-electron chi connectivity index (χ3n) is 5.66. The lowest BCUT2D eigenvalue weighted by atomic mass is 9.83. The summed E-state index contributed by atoms with van der Waals surface area (Å²) in [5.41, 5.74) is 2.37. The number of benzene rings is 1. The van der Waals surface area contributed by atoms with E-state index in [0.29, 0.717) is 18.1 Å².